The van der Waals surface area contributed by atoms with Crippen LogP contribution in [0.2, 0.25) is 0 Å². The second-order valence-electron chi connectivity index (χ2n) is 2.55. The van der Waals surface area contributed by atoms with Crippen molar-refractivity contribution < 1.29 is 0 Å². The highest BCUT2D eigenvalue weighted by Crippen LogP contribution is 2.27. The summed E-state index contributed by atoms with van der Waals surface area (Å²) < 4.78 is 0.412. The minimum Gasteiger partial charge on any atom is -0.323 e. The largest absolute Gasteiger partial charge is 0.323 e. The van der Waals surface area contributed by atoms with Gasteiger partial charge in [0.15, 0.2) is 0 Å². The molecule has 0 aromatic rings. The van der Waals surface area contributed by atoms with E-state index in [4.69, 9.17) is 17.3 Å². The first kappa shape index (κ1) is 9.48. The topological polar surface area (TPSA) is 38.4 Å². The van der Waals surface area contributed by atoms with Crippen molar-refractivity contribution >= 4 is 40.9 Å². The van der Waals surface area contributed by atoms with Crippen LogP contribution in [0.25, 0.3) is 0 Å². The highest BCUT2D eigenvalue weighted by atomic mass is 127. The average molecular weight is 285 g/mol. The summed E-state index contributed by atoms with van der Waals surface area (Å²) in [5, 5.41) is 0.0518. The summed E-state index contributed by atoms with van der Waals surface area (Å²) >= 11 is 8.28. The fraction of sp³-hybridized carbons (Fsp3) is 0.571. The third-order valence-corrected chi connectivity index (χ3v) is 3.86. The molecule has 0 heterocycles. The summed E-state index contributed by atoms with van der Waals surface area (Å²) in [6.45, 7) is 3.43. The highest BCUT2D eigenvalue weighted by Gasteiger charge is 2.25. The first-order valence-corrected chi connectivity index (χ1v) is 5.05. The lowest BCUT2D eigenvalue weighted by Crippen LogP contribution is -2.33. The van der Waals surface area contributed by atoms with Crippen molar-refractivity contribution in [2.75, 3.05) is 0 Å². The number of hydrogen-bond donors (Lipinski definition) is 1. The van der Waals surface area contributed by atoms with Crippen LogP contribution in [0.15, 0.2) is 16.8 Å². The Balaban J connectivity index is 2.78. The van der Waals surface area contributed by atoms with Gasteiger partial charge in [0.25, 0.3) is 0 Å². The molecule has 0 aromatic carbocycles. The Morgan fingerprint density at radius 3 is 3.00 bits per heavy atom. The van der Waals surface area contributed by atoms with Crippen molar-refractivity contribution in [3.05, 3.63) is 11.8 Å². The highest BCUT2D eigenvalue weighted by molar-refractivity contribution is 14.1. The quantitative estimate of drug-likeness (QED) is 0.444. The second-order valence-corrected chi connectivity index (χ2v) is 4.66. The van der Waals surface area contributed by atoms with Crippen molar-refractivity contribution in [2.45, 2.75) is 21.8 Å². The van der Waals surface area contributed by atoms with Crippen LogP contribution in [0.4, 0.5) is 0 Å². The van der Waals surface area contributed by atoms with Crippen molar-refractivity contribution in [3.8, 4) is 0 Å². The number of hydrogen-bond acceptors (Lipinski definition) is 2. The molecule has 2 nitrogen and oxygen atoms in total. The van der Waals surface area contributed by atoms with Crippen LogP contribution >= 0.6 is 34.2 Å². The first-order valence-electron chi connectivity index (χ1n) is 3.37. The summed E-state index contributed by atoms with van der Waals surface area (Å²) in [7, 11) is 0. The Labute approximate surface area is 85.0 Å². The fourth-order valence-corrected chi connectivity index (χ4v) is 2.04. The molecule has 0 aliphatic heterocycles. The van der Waals surface area contributed by atoms with Gasteiger partial charge in [-0.2, -0.15) is 0 Å². The molecule has 0 saturated carbocycles. The third-order valence-electron chi connectivity index (χ3n) is 1.72. The van der Waals surface area contributed by atoms with Crippen LogP contribution in [-0.4, -0.2) is 22.1 Å². The summed E-state index contributed by atoms with van der Waals surface area (Å²) in [4.78, 5) is 3.81. The molecule has 0 radical (unpaired) electrons. The molecule has 3 atom stereocenters. The Kier molecular flexibility index (Phi) is 3.33. The number of aliphatic imine (C=N–C) groups is 1. The van der Waals surface area contributed by atoms with Gasteiger partial charge in [0.1, 0.15) is 0 Å². The molecule has 4 heteroatoms. The van der Waals surface area contributed by atoms with Gasteiger partial charge in [-0.15, -0.1) is 11.6 Å². The SMILES string of the molecule is C=NC1=CC(Cl)C(I)CC1N. The normalized spacial score (nSPS) is 38.1. The maximum atomic E-state index is 5.98. The molecule has 0 bridgehead atoms. The van der Waals surface area contributed by atoms with E-state index in [-0.39, 0.29) is 11.4 Å². The van der Waals surface area contributed by atoms with Crippen LogP contribution in [-0.2, 0) is 0 Å². The molecular weight excluding hydrogens is 274 g/mol. The van der Waals surface area contributed by atoms with Gasteiger partial charge in [-0.25, -0.2) is 0 Å². The lowest BCUT2D eigenvalue weighted by atomic mass is 10.00. The zero-order valence-electron chi connectivity index (χ0n) is 6.00. The summed E-state index contributed by atoms with van der Waals surface area (Å²) in [6, 6.07) is 0.0180. The Hall–Kier alpha value is 0.390. The molecule has 1 aliphatic carbocycles. The molecule has 0 saturated heterocycles. The van der Waals surface area contributed by atoms with Crippen molar-refractivity contribution in [2.24, 2.45) is 10.7 Å². The maximum absolute atomic E-state index is 5.98. The third kappa shape index (κ3) is 2.16. The fourth-order valence-electron chi connectivity index (χ4n) is 1.05. The standard InChI is InChI=1S/C7H10ClIN2/c1-11-7-2-4(8)5(9)3-6(7)10/h2,4-6H,1,3,10H2. The van der Waals surface area contributed by atoms with E-state index in [2.05, 4.69) is 34.3 Å². The van der Waals surface area contributed by atoms with Gasteiger partial charge in [0.2, 0.25) is 0 Å². The number of nitrogens with zero attached hydrogens (tertiary/aromatic N) is 1. The van der Waals surface area contributed by atoms with E-state index in [1.807, 2.05) is 6.08 Å². The van der Waals surface area contributed by atoms with E-state index >= 15 is 0 Å². The van der Waals surface area contributed by atoms with Gasteiger partial charge < -0.3 is 5.73 Å². The predicted molar refractivity (Wildman–Crippen MR) is 57.7 cm³/mol. The number of halogens is 2. The molecular formula is C7H10ClIN2. The Morgan fingerprint density at radius 1 is 1.82 bits per heavy atom. The molecule has 2 N–H and O–H groups in total. The van der Waals surface area contributed by atoms with Gasteiger partial charge in [-0.1, -0.05) is 22.6 Å². The van der Waals surface area contributed by atoms with Gasteiger partial charge in [-0.05, 0) is 19.2 Å². The Bertz CT molecular complexity index is 193. The van der Waals surface area contributed by atoms with Crippen LogP contribution in [0, 0.1) is 0 Å². The molecule has 0 amide bonds. The number of rotatable bonds is 1. The molecule has 3 unspecified atom stereocenters. The molecule has 11 heavy (non-hydrogen) atoms. The monoisotopic (exact) mass is 284 g/mol. The minimum absolute atomic E-state index is 0.0180. The first-order chi connectivity index (χ1) is 5.15. The maximum Gasteiger partial charge on any atom is 0.0655 e. The zero-order chi connectivity index (χ0) is 8.43. The van der Waals surface area contributed by atoms with Crippen LogP contribution < -0.4 is 5.73 Å². The van der Waals surface area contributed by atoms with E-state index in [0.717, 1.165) is 12.1 Å². The van der Waals surface area contributed by atoms with Crippen LogP contribution in [0.5, 0.6) is 0 Å². The summed E-state index contributed by atoms with van der Waals surface area (Å²) in [5.41, 5.74) is 6.61. The van der Waals surface area contributed by atoms with Crippen molar-refractivity contribution in [1.82, 2.24) is 0 Å². The predicted octanol–water partition coefficient (Wildman–Crippen LogP) is 1.71. The Morgan fingerprint density at radius 2 is 2.45 bits per heavy atom. The van der Waals surface area contributed by atoms with E-state index in [1.54, 1.807) is 0 Å². The van der Waals surface area contributed by atoms with Crippen LogP contribution in [0.3, 0.4) is 0 Å². The number of allylic oxidation sites excluding steroid dienone is 1. The molecule has 62 valence electrons. The minimum atomic E-state index is 0.0180. The molecule has 0 aromatic heterocycles. The summed E-state index contributed by atoms with van der Waals surface area (Å²) in [6.07, 6.45) is 2.78. The molecule has 0 fully saturated rings. The molecule has 1 aliphatic rings. The van der Waals surface area contributed by atoms with Gasteiger partial charge in [0, 0.05) is 9.97 Å². The van der Waals surface area contributed by atoms with Crippen LogP contribution in [0.1, 0.15) is 6.42 Å². The second kappa shape index (κ2) is 3.87. The van der Waals surface area contributed by atoms with E-state index in [0.29, 0.717) is 3.92 Å². The van der Waals surface area contributed by atoms with Gasteiger partial charge in [0.05, 0.1) is 11.1 Å². The van der Waals surface area contributed by atoms with E-state index in [9.17, 15) is 0 Å². The lowest BCUT2D eigenvalue weighted by Gasteiger charge is -2.24. The van der Waals surface area contributed by atoms with Crippen molar-refractivity contribution in [3.63, 3.8) is 0 Å². The van der Waals surface area contributed by atoms with Gasteiger partial charge in [-0.3, -0.25) is 4.99 Å². The average Bonchev–Trinajstić information content (AvgIpc) is 1.97. The van der Waals surface area contributed by atoms with E-state index in [1.165, 1.54) is 0 Å². The molecule has 0 spiro atoms. The number of nitrogens with two attached hydrogens (primary N) is 1. The lowest BCUT2D eigenvalue weighted by molar-refractivity contribution is 0.640. The summed E-state index contributed by atoms with van der Waals surface area (Å²) in [5.74, 6) is 0. The number of alkyl halides is 2. The zero-order valence-corrected chi connectivity index (χ0v) is 8.92. The smallest absolute Gasteiger partial charge is 0.0655 e. The van der Waals surface area contributed by atoms with Gasteiger partial charge >= 0.3 is 0 Å². The van der Waals surface area contributed by atoms with E-state index < -0.39 is 0 Å². The van der Waals surface area contributed by atoms with Crippen molar-refractivity contribution in [1.29, 1.82) is 0 Å². The molecule has 1 rings (SSSR count).